The molecule has 0 unspecified atom stereocenters. The molecule has 0 spiro atoms. The lowest BCUT2D eigenvalue weighted by atomic mass is 10.3. The number of rotatable bonds is 2. The van der Waals surface area contributed by atoms with E-state index in [4.69, 9.17) is 10.2 Å². The van der Waals surface area contributed by atoms with Crippen molar-refractivity contribution in [1.82, 2.24) is 0 Å². The molecule has 0 saturated carbocycles. The fourth-order valence-electron chi connectivity index (χ4n) is 0.686. The van der Waals surface area contributed by atoms with Gasteiger partial charge in [-0.2, -0.15) is 0 Å². The summed E-state index contributed by atoms with van der Waals surface area (Å²) in [5, 5.41) is 2.55. The quantitative estimate of drug-likeness (QED) is 0.648. The summed E-state index contributed by atoms with van der Waals surface area (Å²) in [6, 6.07) is 0. The Bertz CT molecular complexity index is 200. The maximum Gasteiger partial charge on any atom is 0.228 e. The molecular weight excluding hydrogens is 135 g/mol. The number of halogens is 1. The standard InChI is InChI=1S/C6H9FN2O/c1-9-6-5(7)4(2-8)3-10-6/h3,9H,2,8H2,1H3. The highest BCUT2D eigenvalue weighted by molar-refractivity contribution is 5.36. The maximum absolute atomic E-state index is 12.8. The summed E-state index contributed by atoms with van der Waals surface area (Å²) >= 11 is 0. The van der Waals surface area contributed by atoms with E-state index in [1.54, 1.807) is 7.05 Å². The van der Waals surface area contributed by atoms with Crippen LogP contribution in [-0.2, 0) is 6.54 Å². The highest BCUT2D eigenvalue weighted by Crippen LogP contribution is 2.18. The third kappa shape index (κ3) is 0.974. The minimum absolute atomic E-state index is 0.139. The van der Waals surface area contributed by atoms with Crippen molar-refractivity contribution in [3.63, 3.8) is 0 Å². The van der Waals surface area contributed by atoms with E-state index in [9.17, 15) is 4.39 Å². The molecule has 3 nitrogen and oxygen atoms in total. The van der Waals surface area contributed by atoms with Crippen molar-refractivity contribution in [2.45, 2.75) is 6.54 Å². The zero-order valence-corrected chi connectivity index (χ0v) is 5.65. The van der Waals surface area contributed by atoms with Crippen LogP contribution >= 0.6 is 0 Å². The normalized spacial score (nSPS) is 9.90. The second-order valence-electron chi connectivity index (χ2n) is 1.86. The first-order valence-corrected chi connectivity index (χ1v) is 2.93. The molecule has 1 heterocycles. The predicted octanol–water partition coefficient (Wildman–Crippen LogP) is 0.919. The van der Waals surface area contributed by atoms with Gasteiger partial charge in [0, 0.05) is 19.2 Å². The largest absolute Gasteiger partial charge is 0.446 e. The van der Waals surface area contributed by atoms with Crippen LogP contribution in [0.3, 0.4) is 0 Å². The topological polar surface area (TPSA) is 51.2 Å². The molecule has 0 aliphatic carbocycles. The van der Waals surface area contributed by atoms with E-state index in [-0.39, 0.29) is 12.4 Å². The summed E-state index contributed by atoms with van der Waals surface area (Å²) in [5.41, 5.74) is 5.58. The van der Waals surface area contributed by atoms with E-state index in [0.29, 0.717) is 5.56 Å². The smallest absolute Gasteiger partial charge is 0.228 e. The molecular formula is C6H9FN2O. The fourth-order valence-corrected chi connectivity index (χ4v) is 0.686. The maximum atomic E-state index is 12.8. The lowest BCUT2D eigenvalue weighted by molar-refractivity contribution is 0.550. The van der Waals surface area contributed by atoms with E-state index in [1.807, 2.05) is 0 Å². The highest BCUT2D eigenvalue weighted by Gasteiger charge is 2.09. The molecule has 0 bridgehead atoms. The third-order valence-electron chi connectivity index (χ3n) is 1.25. The monoisotopic (exact) mass is 144 g/mol. The van der Waals surface area contributed by atoms with Crippen molar-refractivity contribution in [3.05, 3.63) is 17.6 Å². The van der Waals surface area contributed by atoms with E-state index < -0.39 is 5.82 Å². The highest BCUT2D eigenvalue weighted by atomic mass is 19.1. The molecule has 0 atom stereocenters. The van der Waals surface area contributed by atoms with Crippen LogP contribution < -0.4 is 11.1 Å². The third-order valence-corrected chi connectivity index (χ3v) is 1.25. The van der Waals surface area contributed by atoms with Gasteiger partial charge >= 0.3 is 0 Å². The molecule has 1 rings (SSSR count). The Kier molecular flexibility index (Phi) is 1.91. The molecule has 1 aromatic rings. The van der Waals surface area contributed by atoms with Crippen LogP contribution in [0.5, 0.6) is 0 Å². The van der Waals surface area contributed by atoms with Gasteiger partial charge < -0.3 is 15.5 Å². The minimum Gasteiger partial charge on any atom is -0.446 e. The predicted molar refractivity (Wildman–Crippen MR) is 36.1 cm³/mol. The van der Waals surface area contributed by atoms with Gasteiger partial charge in [0.2, 0.25) is 5.88 Å². The Balaban J connectivity index is 2.97. The summed E-state index contributed by atoms with van der Waals surface area (Å²) in [7, 11) is 1.59. The lowest BCUT2D eigenvalue weighted by Crippen LogP contribution is -1.97. The van der Waals surface area contributed by atoms with Crippen LogP contribution in [0.15, 0.2) is 10.7 Å². The van der Waals surface area contributed by atoms with Gasteiger partial charge in [0.1, 0.15) is 6.26 Å². The molecule has 1 aromatic heterocycles. The Morgan fingerprint density at radius 1 is 1.80 bits per heavy atom. The summed E-state index contributed by atoms with van der Waals surface area (Å²) in [6.07, 6.45) is 1.31. The number of nitrogens with one attached hydrogen (secondary N) is 1. The number of anilines is 1. The first kappa shape index (κ1) is 7.08. The van der Waals surface area contributed by atoms with Crippen molar-refractivity contribution in [2.24, 2.45) is 5.73 Å². The van der Waals surface area contributed by atoms with Crippen molar-refractivity contribution < 1.29 is 8.81 Å². The zero-order chi connectivity index (χ0) is 7.56. The average molecular weight is 144 g/mol. The molecule has 0 aromatic carbocycles. The molecule has 0 saturated heterocycles. The zero-order valence-electron chi connectivity index (χ0n) is 5.65. The summed E-state index contributed by atoms with van der Waals surface area (Å²) in [5.74, 6) is -0.259. The fraction of sp³-hybridized carbons (Fsp3) is 0.333. The molecule has 0 aliphatic rings. The number of hydrogen-bond donors (Lipinski definition) is 2. The number of nitrogens with two attached hydrogens (primary N) is 1. The molecule has 0 aliphatic heterocycles. The number of furan rings is 1. The van der Waals surface area contributed by atoms with Crippen LogP contribution in [0.1, 0.15) is 5.56 Å². The Hall–Kier alpha value is -1.03. The van der Waals surface area contributed by atoms with Gasteiger partial charge in [-0.1, -0.05) is 0 Å². The molecule has 10 heavy (non-hydrogen) atoms. The van der Waals surface area contributed by atoms with Crippen LogP contribution in [0.25, 0.3) is 0 Å². The SMILES string of the molecule is CNc1occ(CN)c1F. The lowest BCUT2D eigenvalue weighted by Gasteiger charge is -1.91. The van der Waals surface area contributed by atoms with E-state index in [0.717, 1.165) is 0 Å². The molecule has 56 valence electrons. The van der Waals surface area contributed by atoms with Gasteiger partial charge in [-0.3, -0.25) is 0 Å². The minimum atomic E-state index is -0.398. The number of hydrogen-bond acceptors (Lipinski definition) is 3. The van der Waals surface area contributed by atoms with Gasteiger partial charge in [0.15, 0.2) is 5.82 Å². The van der Waals surface area contributed by atoms with Crippen LogP contribution in [0.2, 0.25) is 0 Å². The molecule has 0 radical (unpaired) electrons. The van der Waals surface area contributed by atoms with E-state index in [2.05, 4.69) is 5.32 Å². The first-order valence-electron chi connectivity index (χ1n) is 2.93. The van der Waals surface area contributed by atoms with E-state index in [1.165, 1.54) is 6.26 Å². The first-order chi connectivity index (χ1) is 4.79. The average Bonchev–Trinajstić information content (AvgIpc) is 2.30. The van der Waals surface area contributed by atoms with Crippen LogP contribution in [0.4, 0.5) is 10.3 Å². The van der Waals surface area contributed by atoms with Gasteiger partial charge in [-0.15, -0.1) is 0 Å². The van der Waals surface area contributed by atoms with Crippen molar-refractivity contribution in [2.75, 3.05) is 12.4 Å². The molecule has 3 N–H and O–H groups in total. The van der Waals surface area contributed by atoms with Crippen molar-refractivity contribution in [3.8, 4) is 0 Å². The van der Waals surface area contributed by atoms with Crippen molar-refractivity contribution in [1.29, 1.82) is 0 Å². The Morgan fingerprint density at radius 3 is 2.80 bits per heavy atom. The summed E-state index contributed by atoms with van der Waals surface area (Å²) in [4.78, 5) is 0. The van der Waals surface area contributed by atoms with Gasteiger partial charge in [-0.25, -0.2) is 4.39 Å². The molecule has 0 fully saturated rings. The van der Waals surface area contributed by atoms with Crippen molar-refractivity contribution >= 4 is 5.88 Å². The van der Waals surface area contributed by atoms with E-state index >= 15 is 0 Å². The van der Waals surface area contributed by atoms with Crippen LogP contribution in [-0.4, -0.2) is 7.05 Å². The second-order valence-corrected chi connectivity index (χ2v) is 1.86. The Labute approximate surface area is 58.0 Å². The Morgan fingerprint density at radius 2 is 2.50 bits per heavy atom. The van der Waals surface area contributed by atoms with Gasteiger partial charge in [0.05, 0.1) is 0 Å². The summed E-state index contributed by atoms with van der Waals surface area (Å²) in [6.45, 7) is 0.164. The molecule has 0 amide bonds. The van der Waals surface area contributed by atoms with Gasteiger partial charge in [0.25, 0.3) is 0 Å². The molecule has 4 heteroatoms. The summed E-state index contributed by atoms with van der Waals surface area (Å²) < 4.78 is 17.6. The van der Waals surface area contributed by atoms with Crippen LogP contribution in [0, 0.1) is 5.82 Å². The van der Waals surface area contributed by atoms with Gasteiger partial charge in [-0.05, 0) is 0 Å². The second kappa shape index (κ2) is 2.70.